The van der Waals surface area contributed by atoms with Gasteiger partial charge in [0.15, 0.2) is 0 Å². The van der Waals surface area contributed by atoms with Crippen LogP contribution in [-0.4, -0.2) is 16.8 Å². The molecule has 0 radical (unpaired) electrons. The largest absolute Gasteiger partial charge is 0.478 e. The van der Waals surface area contributed by atoms with Gasteiger partial charge in [-0.15, -0.1) is 0 Å². The van der Waals surface area contributed by atoms with Crippen molar-refractivity contribution >= 4 is 17.4 Å². The van der Waals surface area contributed by atoms with Crippen LogP contribution in [0.5, 0.6) is 0 Å². The number of hydrogen-bond donors (Lipinski definition) is 2. The molecule has 1 saturated carbocycles. The zero-order chi connectivity index (χ0) is 17.6. The molecule has 2 aromatic rings. The van der Waals surface area contributed by atoms with Crippen molar-refractivity contribution in [3.63, 3.8) is 0 Å². The highest BCUT2D eigenvalue weighted by molar-refractivity contribution is 5.99. The Morgan fingerprint density at radius 2 is 1.76 bits per heavy atom. The Morgan fingerprint density at radius 3 is 2.44 bits per heavy atom. The van der Waals surface area contributed by atoms with Gasteiger partial charge < -0.3 is 5.11 Å². The van der Waals surface area contributed by atoms with Crippen LogP contribution in [0.4, 0.5) is 5.69 Å². The summed E-state index contributed by atoms with van der Waals surface area (Å²) in [5, 5.41) is 13.4. The Labute approximate surface area is 148 Å². The van der Waals surface area contributed by atoms with Gasteiger partial charge in [-0.1, -0.05) is 49.6 Å². The van der Waals surface area contributed by atoms with Gasteiger partial charge in [0.05, 0.1) is 17.0 Å². The minimum Gasteiger partial charge on any atom is -0.478 e. The molecule has 0 saturated heterocycles. The highest BCUT2D eigenvalue weighted by Crippen LogP contribution is 2.32. The lowest BCUT2D eigenvalue weighted by Gasteiger charge is -2.22. The van der Waals surface area contributed by atoms with E-state index in [0.717, 1.165) is 11.3 Å². The molecule has 2 N–H and O–H groups in total. The molecule has 130 valence electrons. The van der Waals surface area contributed by atoms with E-state index in [1.807, 2.05) is 6.92 Å². The molecule has 1 aliphatic carbocycles. The van der Waals surface area contributed by atoms with Crippen molar-refractivity contribution in [1.29, 1.82) is 0 Å². The third-order valence-electron chi connectivity index (χ3n) is 4.87. The number of nitrogens with zero attached hydrogens (tertiary/aromatic N) is 1. The van der Waals surface area contributed by atoms with Crippen LogP contribution in [0.25, 0.3) is 0 Å². The van der Waals surface area contributed by atoms with E-state index in [2.05, 4.69) is 34.8 Å². The van der Waals surface area contributed by atoms with Crippen molar-refractivity contribution < 1.29 is 9.90 Å². The highest BCUT2D eigenvalue weighted by atomic mass is 16.4. The normalized spacial score (nSPS) is 15.8. The van der Waals surface area contributed by atoms with E-state index in [4.69, 9.17) is 5.11 Å². The molecule has 4 heteroatoms. The van der Waals surface area contributed by atoms with Crippen LogP contribution in [0.1, 0.15) is 66.4 Å². The molecule has 25 heavy (non-hydrogen) atoms. The molecular weight excluding hydrogens is 312 g/mol. The zero-order valence-electron chi connectivity index (χ0n) is 14.5. The summed E-state index contributed by atoms with van der Waals surface area (Å²) in [6.45, 7) is 1.95. The molecule has 0 amide bonds. The van der Waals surface area contributed by atoms with Gasteiger partial charge in [0.2, 0.25) is 0 Å². The number of rotatable bonds is 5. The average Bonchev–Trinajstić information content (AvgIpc) is 2.67. The maximum absolute atomic E-state index is 11.0. The van der Waals surface area contributed by atoms with E-state index >= 15 is 0 Å². The van der Waals surface area contributed by atoms with E-state index in [-0.39, 0.29) is 5.56 Å². The molecular formula is C21H24N2O2. The first-order chi connectivity index (χ1) is 12.1. The summed E-state index contributed by atoms with van der Waals surface area (Å²) in [6, 6.07) is 15.3. The molecule has 0 heterocycles. The van der Waals surface area contributed by atoms with Crippen molar-refractivity contribution in [1.82, 2.24) is 0 Å². The maximum atomic E-state index is 11.0. The summed E-state index contributed by atoms with van der Waals surface area (Å²) < 4.78 is 0. The Kier molecular flexibility index (Phi) is 5.49. The fourth-order valence-electron chi connectivity index (χ4n) is 3.37. The summed E-state index contributed by atoms with van der Waals surface area (Å²) in [5.41, 5.74) is 7.22. The number of aromatic carboxylic acids is 1. The Balaban J connectivity index is 1.67. The first-order valence-electron chi connectivity index (χ1n) is 8.87. The van der Waals surface area contributed by atoms with Gasteiger partial charge in [0.25, 0.3) is 0 Å². The van der Waals surface area contributed by atoms with Gasteiger partial charge in [-0.25, -0.2) is 4.79 Å². The van der Waals surface area contributed by atoms with E-state index < -0.39 is 5.97 Å². The predicted octanol–water partition coefficient (Wildman–Crippen LogP) is 5.27. The monoisotopic (exact) mass is 336 g/mol. The summed E-state index contributed by atoms with van der Waals surface area (Å²) in [6.07, 6.45) is 6.65. The minimum atomic E-state index is -0.942. The molecule has 0 atom stereocenters. The first kappa shape index (κ1) is 17.2. The second kappa shape index (κ2) is 7.97. The van der Waals surface area contributed by atoms with Crippen molar-refractivity contribution in [2.24, 2.45) is 5.10 Å². The number of hydrogen-bond acceptors (Lipinski definition) is 3. The van der Waals surface area contributed by atoms with Gasteiger partial charge in [0, 0.05) is 0 Å². The predicted molar refractivity (Wildman–Crippen MR) is 102 cm³/mol. The molecule has 0 bridgehead atoms. The quantitative estimate of drug-likeness (QED) is 0.577. The van der Waals surface area contributed by atoms with Crippen LogP contribution in [0.15, 0.2) is 53.6 Å². The first-order valence-corrected chi connectivity index (χ1v) is 8.87. The lowest BCUT2D eigenvalue weighted by molar-refractivity contribution is 0.0697. The molecule has 0 unspecified atom stereocenters. The number of carboxylic acids is 1. The minimum absolute atomic E-state index is 0.245. The summed E-state index contributed by atoms with van der Waals surface area (Å²) >= 11 is 0. The van der Waals surface area contributed by atoms with Crippen molar-refractivity contribution in [2.45, 2.75) is 44.9 Å². The van der Waals surface area contributed by atoms with Crippen molar-refractivity contribution in [2.75, 3.05) is 5.43 Å². The van der Waals surface area contributed by atoms with Gasteiger partial charge in [-0.3, -0.25) is 5.43 Å². The van der Waals surface area contributed by atoms with Gasteiger partial charge in [-0.05, 0) is 55.0 Å². The van der Waals surface area contributed by atoms with Crippen LogP contribution in [0, 0.1) is 0 Å². The number of carboxylic acid groups (broad SMARTS) is 1. The Bertz CT molecular complexity index is 760. The van der Waals surface area contributed by atoms with E-state index in [1.165, 1.54) is 37.7 Å². The standard InChI is InChI=1S/C21H24N2O2/c1-15(22-23-20-9-5-8-19(14-20)21(24)25)16-10-12-18(13-11-16)17-6-3-2-4-7-17/h5,8-14,17,23H,2-4,6-7H2,1H3,(H,24,25)/b22-15+. The topological polar surface area (TPSA) is 61.7 Å². The van der Waals surface area contributed by atoms with E-state index in [0.29, 0.717) is 11.6 Å². The average molecular weight is 336 g/mol. The van der Waals surface area contributed by atoms with Crippen LogP contribution in [0.2, 0.25) is 0 Å². The van der Waals surface area contributed by atoms with Crippen molar-refractivity contribution in [3.05, 3.63) is 65.2 Å². The lowest BCUT2D eigenvalue weighted by Crippen LogP contribution is -2.05. The summed E-state index contributed by atoms with van der Waals surface area (Å²) in [4.78, 5) is 11.0. The van der Waals surface area contributed by atoms with Crippen LogP contribution in [-0.2, 0) is 0 Å². The van der Waals surface area contributed by atoms with Gasteiger partial charge in [0.1, 0.15) is 0 Å². The Hall–Kier alpha value is -2.62. The van der Waals surface area contributed by atoms with Crippen molar-refractivity contribution in [3.8, 4) is 0 Å². The zero-order valence-corrected chi connectivity index (χ0v) is 14.5. The number of hydrazone groups is 1. The Morgan fingerprint density at radius 1 is 1.04 bits per heavy atom. The number of carbonyl (C=O) groups is 1. The molecule has 2 aromatic carbocycles. The highest BCUT2D eigenvalue weighted by Gasteiger charge is 2.15. The van der Waals surface area contributed by atoms with Gasteiger partial charge in [-0.2, -0.15) is 5.10 Å². The SMILES string of the molecule is C/C(=N\Nc1cccc(C(=O)O)c1)c1ccc(C2CCCCC2)cc1. The smallest absolute Gasteiger partial charge is 0.335 e. The summed E-state index contributed by atoms with van der Waals surface area (Å²) in [7, 11) is 0. The molecule has 1 fully saturated rings. The molecule has 0 aliphatic heterocycles. The van der Waals surface area contributed by atoms with Crippen LogP contribution < -0.4 is 5.43 Å². The second-order valence-corrected chi connectivity index (χ2v) is 6.65. The maximum Gasteiger partial charge on any atom is 0.335 e. The number of benzene rings is 2. The fraction of sp³-hybridized carbons (Fsp3) is 0.333. The summed E-state index contributed by atoms with van der Waals surface area (Å²) in [5.74, 6) is -0.236. The third kappa shape index (κ3) is 4.47. The third-order valence-corrected chi connectivity index (χ3v) is 4.87. The number of anilines is 1. The van der Waals surface area contributed by atoms with Crippen LogP contribution >= 0.6 is 0 Å². The van der Waals surface area contributed by atoms with E-state index in [9.17, 15) is 4.79 Å². The number of nitrogens with one attached hydrogen (secondary N) is 1. The second-order valence-electron chi connectivity index (χ2n) is 6.65. The molecule has 0 spiro atoms. The molecule has 4 nitrogen and oxygen atoms in total. The molecule has 1 aliphatic rings. The molecule has 3 rings (SSSR count). The van der Waals surface area contributed by atoms with Crippen LogP contribution in [0.3, 0.4) is 0 Å². The lowest BCUT2D eigenvalue weighted by atomic mass is 9.84. The van der Waals surface area contributed by atoms with Gasteiger partial charge >= 0.3 is 5.97 Å². The fourth-order valence-corrected chi connectivity index (χ4v) is 3.37. The van der Waals surface area contributed by atoms with E-state index in [1.54, 1.807) is 24.3 Å². The molecule has 0 aromatic heterocycles.